The largest absolute Gasteiger partial charge is 0.467 e. The Balaban J connectivity index is 1.63. The number of benzene rings is 2. The molecule has 156 valence electrons. The maximum Gasteiger partial charge on any atom is 0.251 e. The number of anilines is 1. The fourth-order valence-corrected chi connectivity index (χ4v) is 3.60. The lowest BCUT2D eigenvalue weighted by atomic mass is 9.95. The summed E-state index contributed by atoms with van der Waals surface area (Å²) in [6.07, 6.45) is 1.58. The maximum atomic E-state index is 12.4. The summed E-state index contributed by atoms with van der Waals surface area (Å²) in [5.74, 6) is 1.23. The number of thioether (sulfide) groups is 1. The van der Waals surface area contributed by atoms with Crippen LogP contribution in [0.1, 0.15) is 42.5 Å². The number of para-hydroxylation sites is 1. The molecule has 5 nitrogen and oxygen atoms in total. The molecular weight excluding hydrogens is 396 g/mol. The van der Waals surface area contributed by atoms with E-state index in [1.165, 1.54) is 0 Å². The fourth-order valence-electron chi connectivity index (χ4n) is 2.65. The van der Waals surface area contributed by atoms with Crippen LogP contribution in [0.15, 0.2) is 76.2 Å². The van der Waals surface area contributed by atoms with Gasteiger partial charge in [-0.25, -0.2) is 0 Å². The van der Waals surface area contributed by atoms with E-state index >= 15 is 0 Å². The quantitative estimate of drug-likeness (QED) is 0.494. The number of furan rings is 1. The van der Waals surface area contributed by atoms with Crippen LogP contribution in [-0.2, 0) is 17.1 Å². The van der Waals surface area contributed by atoms with Gasteiger partial charge in [0.1, 0.15) is 5.76 Å². The Labute approximate surface area is 181 Å². The van der Waals surface area contributed by atoms with Gasteiger partial charge in [-0.2, -0.15) is 0 Å². The Morgan fingerprint density at radius 3 is 2.53 bits per heavy atom. The summed E-state index contributed by atoms with van der Waals surface area (Å²) in [5.41, 5.74) is 1.97. The van der Waals surface area contributed by atoms with Crippen LogP contribution in [0.4, 0.5) is 5.69 Å². The highest BCUT2D eigenvalue weighted by Gasteiger charge is 2.22. The van der Waals surface area contributed by atoms with Crippen LogP contribution in [-0.4, -0.2) is 11.8 Å². The molecule has 0 radical (unpaired) electrons. The number of carbonyl (C=O) groups excluding carboxylic acids is 2. The molecule has 0 saturated carbocycles. The van der Waals surface area contributed by atoms with Gasteiger partial charge in [0.25, 0.3) is 5.91 Å². The minimum absolute atomic E-state index is 0.0224. The molecule has 1 heterocycles. The molecule has 0 unspecified atom stereocenters. The average molecular weight is 423 g/mol. The van der Waals surface area contributed by atoms with Crippen LogP contribution in [0.5, 0.6) is 0 Å². The van der Waals surface area contributed by atoms with Gasteiger partial charge in [0.05, 0.1) is 18.5 Å². The zero-order valence-corrected chi connectivity index (χ0v) is 18.2. The van der Waals surface area contributed by atoms with Gasteiger partial charge in [0, 0.05) is 21.6 Å². The van der Waals surface area contributed by atoms with E-state index in [1.54, 1.807) is 30.2 Å². The molecule has 0 aliphatic heterocycles. The molecule has 0 aliphatic rings. The SMILES string of the molecule is CC(C)(C)C(=O)Nc1ccccc1SCc1cccc(C(=O)NCc2ccco2)c1. The lowest BCUT2D eigenvalue weighted by molar-refractivity contribution is -0.123. The third-order valence-electron chi connectivity index (χ3n) is 4.40. The van der Waals surface area contributed by atoms with Crippen molar-refractivity contribution >= 4 is 29.3 Å². The van der Waals surface area contributed by atoms with Crippen LogP contribution < -0.4 is 10.6 Å². The summed E-state index contributed by atoms with van der Waals surface area (Å²) in [6.45, 7) is 6.02. The number of carbonyl (C=O) groups is 2. The van der Waals surface area contributed by atoms with Crippen LogP contribution in [0.3, 0.4) is 0 Å². The van der Waals surface area contributed by atoms with Gasteiger partial charge in [-0.15, -0.1) is 11.8 Å². The van der Waals surface area contributed by atoms with Gasteiger partial charge < -0.3 is 15.1 Å². The van der Waals surface area contributed by atoms with Crippen molar-refractivity contribution in [1.82, 2.24) is 5.32 Å². The molecule has 0 saturated heterocycles. The molecule has 2 aromatic carbocycles. The van der Waals surface area contributed by atoms with E-state index in [0.717, 1.165) is 16.1 Å². The summed E-state index contributed by atoms with van der Waals surface area (Å²) in [5, 5.41) is 5.87. The first-order valence-electron chi connectivity index (χ1n) is 9.76. The lowest BCUT2D eigenvalue weighted by Crippen LogP contribution is -2.27. The molecule has 0 bridgehead atoms. The minimum atomic E-state index is -0.463. The Morgan fingerprint density at radius 2 is 1.80 bits per heavy atom. The van der Waals surface area contributed by atoms with Crippen LogP contribution in [0, 0.1) is 5.41 Å². The van der Waals surface area contributed by atoms with E-state index in [9.17, 15) is 9.59 Å². The first-order valence-corrected chi connectivity index (χ1v) is 10.7. The number of hydrogen-bond donors (Lipinski definition) is 2. The monoisotopic (exact) mass is 422 g/mol. The molecule has 2 amide bonds. The molecule has 0 fully saturated rings. The van der Waals surface area contributed by atoms with E-state index in [1.807, 2.05) is 69.3 Å². The molecule has 2 N–H and O–H groups in total. The number of rotatable bonds is 7. The molecule has 0 atom stereocenters. The third kappa shape index (κ3) is 6.00. The molecule has 0 aliphatic carbocycles. The van der Waals surface area contributed by atoms with E-state index in [2.05, 4.69) is 10.6 Å². The van der Waals surface area contributed by atoms with E-state index in [4.69, 9.17) is 4.42 Å². The van der Waals surface area contributed by atoms with Crippen molar-refractivity contribution < 1.29 is 14.0 Å². The average Bonchev–Trinajstić information content (AvgIpc) is 3.24. The zero-order chi connectivity index (χ0) is 21.6. The molecule has 3 aromatic rings. The van der Waals surface area contributed by atoms with E-state index < -0.39 is 5.41 Å². The highest BCUT2D eigenvalue weighted by atomic mass is 32.2. The van der Waals surface area contributed by atoms with Crippen molar-refractivity contribution in [3.05, 3.63) is 83.8 Å². The maximum absolute atomic E-state index is 12.4. The van der Waals surface area contributed by atoms with Crippen molar-refractivity contribution in [2.45, 2.75) is 38.0 Å². The van der Waals surface area contributed by atoms with Crippen LogP contribution in [0.2, 0.25) is 0 Å². The predicted octanol–water partition coefficient (Wildman–Crippen LogP) is 5.49. The molecule has 0 spiro atoms. The first kappa shape index (κ1) is 21.7. The van der Waals surface area contributed by atoms with Gasteiger partial charge in [0.2, 0.25) is 5.91 Å². The van der Waals surface area contributed by atoms with Gasteiger partial charge in [0.15, 0.2) is 0 Å². The lowest BCUT2D eigenvalue weighted by Gasteiger charge is -2.19. The number of nitrogens with one attached hydrogen (secondary N) is 2. The highest BCUT2D eigenvalue weighted by molar-refractivity contribution is 7.98. The zero-order valence-electron chi connectivity index (χ0n) is 17.4. The van der Waals surface area contributed by atoms with Crippen molar-refractivity contribution in [3.8, 4) is 0 Å². The topological polar surface area (TPSA) is 71.3 Å². The number of amides is 2. The molecule has 6 heteroatoms. The Hall–Kier alpha value is -2.99. The smallest absolute Gasteiger partial charge is 0.251 e. The summed E-state index contributed by atoms with van der Waals surface area (Å²) in [4.78, 5) is 25.8. The molecule has 3 rings (SSSR count). The van der Waals surface area contributed by atoms with Crippen molar-refractivity contribution in [2.24, 2.45) is 5.41 Å². The van der Waals surface area contributed by atoms with Crippen LogP contribution >= 0.6 is 11.8 Å². The summed E-state index contributed by atoms with van der Waals surface area (Å²) in [7, 11) is 0. The Bertz CT molecular complexity index is 1010. The van der Waals surface area contributed by atoms with Gasteiger partial charge >= 0.3 is 0 Å². The summed E-state index contributed by atoms with van der Waals surface area (Å²) >= 11 is 1.62. The predicted molar refractivity (Wildman–Crippen MR) is 120 cm³/mol. The second-order valence-electron chi connectivity index (χ2n) is 7.95. The number of hydrogen-bond acceptors (Lipinski definition) is 4. The van der Waals surface area contributed by atoms with Crippen molar-refractivity contribution in [1.29, 1.82) is 0 Å². The Kier molecular flexibility index (Phi) is 7.00. The standard InChI is InChI=1S/C24H26N2O3S/c1-24(2,3)23(28)26-20-11-4-5-12-21(20)30-16-17-8-6-9-18(14-17)22(27)25-15-19-10-7-13-29-19/h4-14H,15-16H2,1-3H3,(H,25,27)(H,26,28). The van der Waals surface area contributed by atoms with Gasteiger partial charge in [-0.3, -0.25) is 9.59 Å². The van der Waals surface area contributed by atoms with Gasteiger partial charge in [-0.1, -0.05) is 45.0 Å². The van der Waals surface area contributed by atoms with Crippen LogP contribution in [0.25, 0.3) is 0 Å². The Morgan fingerprint density at radius 1 is 1.00 bits per heavy atom. The summed E-state index contributed by atoms with van der Waals surface area (Å²) in [6, 6.07) is 18.9. The van der Waals surface area contributed by atoms with Crippen molar-refractivity contribution in [2.75, 3.05) is 5.32 Å². The second kappa shape index (κ2) is 9.67. The van der Waals surface area contributed by atoms with Gasteiger partial charge in [-0.05, 0) is 42.0 Å². The first-order chi connectivity index (χ1) is 14.3. The third-order valence-corrected chi connectivity index (χ3v) is 5.55. The van der Waals surface area contributed by atoms with Crippen molar-refractivity contribution in [3.63, 3.8) is 0 Å². The second-order valence-corrected chi connectivity index (χ2v) is 8.97. The molecule has 30 heavy (non-hydrogen) atoms. The fraction of sp³-hybridized carbons (Fsp3) is 0.250. The minimum Gasteiger partial charge on any atom is -0.467 e. The summed E-state index contributed by atoms with van der Waals surface area (Å²) < 4.78 is 5.24. The normalized spacial score (nSPS) is 11.2. The molecular formula is C24H26N2O3S. The van der Waals surface area contributed by atoms with E-state index in [-0.39, 0.29) is 11.8 Å². The van der Waals surface area contributed by atoms with E-state index in [0.29, 0.717) is 23.6 Å². The highest BCUT2D eigenvalue weighted by Crippen LogP contribution is 2.31. The molecule has 1 aromatic heterocycles.